The summed E-state index contributed by atoms with van der Waals surface area (Å²) in [5, 5.41) is 27.5. The van der Waals surface area contributed by atoms with Crippen molar-refractivity contribution in [2.75, 3.05) is 13.1 Å². The molecule has 2 aromatic rings. The minimum absolute atomic E-state index is 0.00712. The molecule has 0 aliphatic carbocycles. The lowest BCUT2D eigenvalue weighted by atomic mass is 9.86. The lowest BCUT2D eigenvalue weighted by Gasteiger charge is -2.31. The van der Waals surface area contributed by atoms with Crippen LogP contribution in [0.25, 0.3) is 10.8 Å². The first-order valence-corrected chi connectivity index (χ1v) is 8.12. The number of rotatable bonds is 4. The first kappa shape index (κ1) is 17.8. The third-order valence-electron chi connectivity index (χ3n) is 4.70. The lowest BCUT2D eigenvalue weighted by molar-refractivity contribution is -0.137. The number of carbonyl (C=O) groups excluding carboxylic acids is 4. The van der Waals surface area contributed by atoms with Gasteiger partial charge in [-0.2, -0.15) is 0 Å². The van der Waals surface area contributed by atoms with Gasteiger partial charge in [0.2, 0.25) is 0 Å². The van der Waals surface area contributed by atoms with E-state index < -0.39 is 49.0 Å². The molecule has 28 heavy (non-hydrogen) atoms. The Morgan fingerprint density at radius 3 is 1.43 bits per heavy atom. The van der Waals surface area contributed by atoms with Crippen molar-refractivity contribution in [1.29, 1.82) is 0 Å². The number of carboxylic acids is 1. The number of carboxylic acid groups (broad SMARTS) is 1. The van der Waals surface area contributed by atoms with E-state index >= 15 is 0 Å². The monoisotopic (exact) mass is 384 g/mol. The number of hydrogen-bond acceptors (Lipinski definition) is 7. The molecule has 0 saturated carbocycles. The van der Waals surface area contributed by atoms with Crippen molar-refractivity contribution in [2.24, 2.45) is 0 Å². The summed E-state index contributed by atoms with van der Waals surface area (Å²) in [5.41, 5.74) is 0.0756. The van der Waals surface area contributed by atoms with E-state index in [9.17, 15) is 24.0 Å². The van der Waals surface area contributed by atoms with Crippen LogP contribution in [0.1, 0.15) is 41.4 Å². The van der Waals surface area contributed by atoms with Crippen LogP contribution in [-0.2, 0) is 4.79 Å². The third-order valence-corrected chi connectivity index (χ3v) is 4.70. The number of carbonyl (C=O) groups is 5. The van der Waals surface area contributed by atoms with Crippen LogP contribution < -0.4 is 0 Å². The minimum Gasteiger partial charge on any atom is -0.480 e. The van der Waals surface area contributed by atoms with Crippen LogP contribution in [0.3, 0.4) is 0 Å². The van der Waals surface area contributed by atoms with E-state index in [0.717, 1.165) is 0 Å². The van der Waals surface area contributed by atoms with Crippen LogP contribution >= 0.6 is 0 Å². The number of aliphatic hydroxyl groups is 2. The molecule has 0 fully saturated rings. The molecule has 10 nitrogen and oxygen atoms in total. The number of aliphatic carboxylic acids is 1. The Morgan fingerprint density at radius 2 is 1.11 bits per heavy atom. The Hall–Kier alpha value is -3.63. The fourth-order valence-electron chi connectivity index (χ4n) is 3.58. The van der Waals surface area contributed by atoms with Crippen molar-refractivity contribution >= 4 is 40.4 Å². The summed E-state index contributed by atoms with van der Waals surface area (Å²) in [6.07, 6.45) is -1.92. The Morgan fingerprint density at radius 1 is 0.750 bits per heavy atom. The van der Waals surface area contributed by atoms with Gasteiger partial charge in [-0.3, -0.25) is 33.8 Å². The average molecular weight is 384 g/mol. The molecule has 2 aliphatic rings. The lowest BCUT2D eigenvalue weighted by Crippen LogP contribution is -2.46. The molecule has 142 valence electrons. The van der Waals surface area contributed by atoms with Gasteiger partial charge in [0.25, 0.3) is 23.6 Å². The van der Waals surface area contributed by atoms with E-state index in [1.165, 1.54) is 24.3 Å². The molecule has 0 bridgehead atoms. The van der Waals surface area contributed by atoms with Gasteiger partial charge < -0.3 is 15.3 Å². The van der Waals surface area contributed by atoms with Crippen molar-refractivity contribution in [3.05, 3.63) is 46.5 Å². The number of β-amino-alcohol motifs (C(OH)–C–C–N with tert-alkyl or cyclic N) is 2. The van der Waals surface area contributed by atoms with E-state index in [1.807, 2.05) is 0 Å². The summed E-state index contributed by atoms with van der Waals surface area (Å²) < 4.78 is 0. The van der Waals surface area contributed by atoms with Crippen LogP contribution in [0.5, 0.6) is 0 Å². The number of imide groups is 2. The molecule has 3 N–H and O–H groups in total. The second-order valence-corrected chi connectivity index (χ2v) is 6.36. The summed E-state index contributed by atoms with van der Waals surface area (Å²) in [5.74, 6) is -4.61. The van der Waals surface area contributed by atoms with E-state index in [2.05, 4.69) is 0 Å². The van der Waals surface area contributed by atoms with Crippen molar-refractivity contribution in [3.8, 4) is 0 Å². The van der Waals surface area contributed by atoms with E-state index in [0.29, 0.717) is 9.80 Å². The quantitative estimate of drug-likeness (QED) is 0.468. The zero-order valence-corrected chi connectivity index (χ0v) is 14.1. The number of aliphatic hydroxyl groups excluding tert-OH is 1. The molecule has 10 heteroatoms. The third kappa shape index (κ3) is 2.32. The fraction of sp³-hybridized carbons (Fsp3) is 0.167. The Labute approximate surface area is 156 Å². The largest absolute Gasteiger partial charge is 0.480 e. The number of nitrogens with zero attached hydrogens (tertiary/aromatic N) is 2. The predicted octanol–water partition coefficient (Wildman–Crippen LogP) is -0.573. The highest BCUT2D eigenvalue weighted by Gasteiger charge is 2.40. The molecule has 0 saturated heterocycles. The molecule has 0 spiro atoms. The molecular formula is C18H12N2O8. The summed E-state index contributed by atoms with van der Waals surface area (Å²) in [6.45, 7) is -1.45. The topological polar surface area (TPSA) is 153 Å². The predicted molar refractivity (Wildman–Crippen MR) is 90.5 cm³/mol. The van der Waals surface area contributed by atoms with Crippen LogP contribution in [-0.4, -0.2) is 74.1 Å². The molecule has 2 heterocycles. The van der Waals surface area contributed by atoms with Gasteiger partial charge in [0.05, 0.1) is 6.54 Å². The van der Waals surface area contributed by atoms with Crippen LogP contribution in [0.2, 0.25) is 0 Å². The Bertz CT molecular complexity index is 1050. The summed E-state index contributed by atoms with van der Waals surface area (Å²) in [7, 11) is 0. The second kappa shape index (κ2) is 5.94. The highest BCUT2D eigenvalue weighted by Crippen LogP contribution is 2.37. The smallest absolute Gasteiger partial charge is 0.323 e. The standard InChI is InChI=1S/C18H12N2O8/c21-11(22)5-19-15(25)7-1-2-8-14-10(4-3-9(13(7)14)17(19)27)18(28)20(16(8)26)6-12(23)24/h1-4,11,21-22H,5-6H2,(H,23,24). The Kier molecular flexibility index (Phi) is 3.77. The summed E-state index contributed by atoms with van der Waals surface area (Å²) >= 11 is 0. The number of benzene rings is 2. The molecule has 0 aromatic heterocycles. The molecular weight excluding hydrogens is 372 g/mol. The van der Waals surface area contributed by atoms with Gasteiger partial charge in [0, 0.05) is 33.0 Å². The van der Waals surface area contributed by atoms with Crippen molar-refractivity contribution in [3.63, 3.8) is 0 Å². The zero-order chi connectivity index (χ0) is 20.3. The molecule has 0 unspecified atom stereocenters. The van der Waals surface area contributed by atoms with Crippen LogP contribution in [0.15, 0.2) is 24.3 Å². The van der Waals surface area contributed by atoms with Gasteiger partial charge in [0.15, 0.2) is 6.29 Å². The summed E-state index contributed by atoms with van der Waals surface area (Å²) in [6, 6.07) is 5.16. The van der Waals surface area contributed by atoms with Gasteiger partial charge >= 0.3 is 5.97 Å². The highest BCUT2D eigenvalue weighted by atomic mass is 16.5. The molecule has 4 rings (SSSR count). The fourth-order valence-corrected chi connectivity index (χ4v) is 3.58. The summed E-state index contributed by atoms with van der Waals surface area (Å²) in [4.78, 5) is 62.9. The van der Waals surface area contributed by atoms with Crippen molar-refractivity contribution in [2.45, 2.75) is 6.29 Å². The normalized spacial score (nSPS) is 15.8. The second-order valence-electron chi connectivity index (χ2n) is 6.36. The van der Waals surface area contributed by atoms with Gasteiger partial charge in [-0.1, -0.05) is 0 Å². The Balaban J connectivity index is 1.97. The zero-order valence-electron chi connectivity index (χ0n) is 14.1. The van der Waals surface area contributed by atoms with E-state index in [-0.39, 0.29) is 33.0 Å². The van der Waals surface area contributed by atoms with Crippen LogP contribution in [0, 0.1) is 0 Å². The minimum atomic E-state index is -1.92. The molecule has 0 radical (unpaired) electrons. The SMILES string of the molecule is O=C(O)CN1C(=O)c2ccc3c4c(ccc(c24)C1=O)C(=O)N(CC(O)O)C3=O. The first-order valence-electron chi connectivity index (χ1n) is 8.12. The molecule has 2 aliphatic heterocycles. The molecule has 0 atom stereocenters. The highest BCUT2D eigenvalue weighted by molar-refractivity contribution is 6.33. The van der Waals surface area contributed by atoms with Gasteiger partial charge in [-0.25, -0.2) is 0 Å². The number of amides is 4. The maximum absolute atomic E-state index is 12.7. The van der Waals surface area contributed by atoms with Crippen molar-refractivity contribution < 1.29 is 39.3 Å². The van der Waals surface area contributed by atoms with E-state index in [4.69, 9.17) is 15.3 Å². The molecule has 4 amide bonds. The van der Waals surface area contributed by atoms with Crippen LogP contribution in [0.4, 0.5) is 0 Å². The van der Waals surface area contributed by atoms with Crippen molar-refractivity contribution in [1.82, 2.24) is 9.80 Å². The molecule has 2 aromatic carbocycles. The van der Waals surface area contributed by atoms with Gasteiger partial charge in [-0.15, -0.1) is 0 Å². The first-order chi connectivity index (χ1) is 13.2. The number of hydrogen-bond donors (Lipinski definition) is 3. The maximum Gasteiger partial charge on any atom is 0.323 e. The van der Waals surface area contributed by atoms with Gasteiger partial charge in [0.1, 0.15) is 6.54 Å². The van der Waals surface area contributed by atoms with E-state index in [1.54, 1.807) is 0 Å². The average Bonchev–Trinajstić information content (AvgIpc) is 2.64. The van der Waals surface area contributed by atoms with Gasteiger partial charge in [-0.05, 0) is 24.3 Å². The maximum atomic E-state index is 12.7.